The Kier molecular flexibility index (Phi) is 5.51. The van der Waals surface area contributed by atoms with E-state index in [0.29, 0.717) is 12.2 Å². The number of benzene rings is 2. The van der Waals surface area contributed by atoms with Gasteiger partial charge in [-0.25, -0.2) is 5.43 Å². The Morgan fingerprint density at radius 2 is 1.95 bits per heavy atom. The molecule has 2 rings (SSSR count). The molecular weight excluding hydrogens is 332 g/mol. The van der Waals surface area contributed by atoms with Gasteiger partial charge in [0.2, 0.25) is 0 Å². The van der Waals surface area contributed by atoms with Gasteiger partial charge in [-0.15, -0.1) is 0 Å². The Balaban J connectivity index is 1.96. The highest BCUT2D eigenvalue weighted by molar-refractivity contribution is 9.10. The van der Waals surface area contributed by atoms with Crippen molar-refractivity contribution in [3.63, 3.8) is 0 Å². The van der Waals surface area contributed by atoms with Crippen LogP contribution in [0.3, 0.4) is 0 Å². The number of hydrogen-bond donors (Lipinski definition) is 1. The number of amides is 1. The SMILES string of the molecule is CCOc1ccc(/C=N\NC(=O)c2ccccc2Br)cc1. The molecule has 0 saturated carbocycles. The molecule has 0 saturated heterocycles. The molecule has 0 atom stereocenters. The van der Waals surface area contributed by atoms with Crippen LogP contribution in [0, 0.1) is 0 Å². The first-order valence-electron chi connectivity index (χ1n) is 6.51. The number of nitrogens with zero attached hydrogens (tertiary/aromatic N) is 1. The third-order valence-electron chi connectivity index (χ3n) is 2.69. The lowest BCUT2D eigenvalue weighted by Gasteiger charge is -2.03. The fourth-order valence-corrected chi connectivity index (χ4v) is 2.15. The second kappa shape index (κ2) is 7.59. The maximum Gasteiger partial charge on any atom is 0.272 e. The molecule has 21 heavy (non-hydrogen) atoms. The number of hydrazone groups is 1. The number of nitrogens with one attached hydrogen (secondary N) is 1. The van der Waals surface area contributed by atoms with E-state index < -0.39 is 0 Å². The number of carbonyl (C=O) groups is 1. The predicted octanol–water partition coefficient (Wildman–Crippen LogP) is 3.61. The Morgan fingerprint density at radius 1 is 1.24 bits per heavy atom. The van der Waals surface area contributed by atoms with E-state index in [9.17, 15) is 4.79 Å². The highest BCUT2D eigenvalue weighted by Crippen LogP contribution is 2.15. The highest BCUT2D eigenvalue weighted by atomic mass is 79.9. The molecule has 0 aromatic heterocycles. The smallest absolute Gasteiger partial charge is 0.272 e. The standard InChI is InChI=1S/C16H15BrN2O2/c1-2-21-13-9-7-12(8-10-13)11-18-19-16(20)14-5-3-4-6-15(14)17/h3-11H,2H2,1H3,(H,19,20)/b18-11-. The molecule has 0 fully saturated rings. The van der Waals surface area contributed by atoms with Gasteiger partial charge in [-0.05, 0) is 64.8 Å². The van der Waals surface area contributed by atoms with Crippen LogP contribution in [0.4, 0.5) is 0 Å². The van der Waals surface area contributed by atoms with E-state index in [0.717, 1.165) is 15.8 Å². The van der Waals surface area contributed by atoms with E-state index in [2.05, 4.69) is 26.5 Å². The van der Waals surface area contributed by atoms with Crippen molar-refractivity contribution in [2.24, 2.45) is 5.10 Å². The zero-order chi connectivity index (χ0) is 15.1. The topological polar surface area (TPSA) is 50.7 Å². The second-order valence-electron chi connectivity index (χ2n) is 4.18. The summed E-state index contributed by atoms with van der Waals surface area (Å²) in [6.45, 7) is 2.57. The first-order valence-corrected chi connectivity index (χ1v) is 7.31. The number of ether oxygens (including phenoxy) is 1. The fraction of sp³-hybridized carbons (Fsp3) is 0.125. The molecule has 0 aliphatic heterocycles. The van der Waals surface area contributed by atoms with Crippen LogP contribution < -0.4 is 10.2 Å². The van der Waals surface area contributed by atoms with Gasteiger partial charge < -0.3 is 4.74 Å². The predicted molar refractivity (Wildman–Crippen MR) is 86.8 cm³/mol. The van der Waals surface area contributed by atoms with Crippen molar-refractivity contribution in [1.82, 2.24) is 5.43 Å². The van der Waals surface area contributed by atoms with Crippen LogP contribution in [-0.4, -0.2) is 18.7 Å². The molecule has 1 N–H and O–H groups in total. The minimum absolute atomic E-state index is 0.260. The van der Waals surface area contributed by atoms with Crippen molar-refractivity contribution in [2.75, 3.05) is 6.61 Å². The molecule has 0 radical (unpaired) electrons. The van der Waals surface area contributed by atoms with Crippen LogP contribution in [-0.2, 0) is 0 Å². The van der Waals surface area contributed by atoms with Crippen LogP contribution in [0.25, 0.3) is 0 Å². The molecule has 2 aromatic rings. The third kappa shape index (κ3) is 4.43. The summed E-state index contributed by atoms with van der Waals surface area (Å²) in [4.78, 5) is 11.9. The Morgan fingerprint density at radius 3 is 2.62 bits per heavy atom. The fourth-order valence-electron chi connectivity index (χ4n) is 1.69. The molecular formula is C16H15BrN2O2. The average molecular weight is 347 g/mol. The summed E-state index contributed by atoms with van der Waals surface area (Å²) in [5, 5.41) is 3.95. The number of halogens is 1. The van der Waals surface area contributed by atoms with Gasteiger partial charge in [-0.1, -0.05) is 12.1 Å². The quantitative estimate of drug-likeness (QED) is 0.664. The van der Waals surface area contributed by atoms with Crippen molar-refractivity contribution >= 4 is 28.1 Å². The van der Waals surface area contributed by atoms with Gasteiger partial charge in [0, 0.05) is 4.47 Å². The van der Waals surface area contributed by atoms with Gasteiger partial charge in [0.05, 0.1) is 18.4 Å². The number of carbonyl (C=O) groups excluding carboxylic acids is 1. The molecule has 0 unspecified atom stereocenters. The molecule has 4 nitrogen and oxygen atoms in total. The van der Waals surface area contributed by atoms with E-state index >= 15 is 0 Å². The normalized spacial score (nSPS) is 10.6. The highest BCUT2D eigenvalue weighted by Gasteiger charge is 2.07. The van der Waals surface area contributed by atoms with E-state index in [1.807, 2.05) is 43.3 Å². The van der Waals surface area contributed by atoms with Crippen molar-refractivity contribution in [3.05, 3.63) is 64.1 Å². The summed E-state index contributed by atoms with van der Waals surface area (Å²) in [6.07, 6.45) is 1.59. The second-order valence-corrected chi connectivity index (χ2v) is 5.04. The molecule has 108 valence electrons. The van der Waals surface area contributed by atoms with Gasteiger partial charge in [0.1, 0.15) is 5.75 Å². The van der Waals surface area contributed by atoms with Crippen LogP contribution in [0.5, 0.6) is 5.75 Å². The maximum atomic E-state index is 11.9. The van der Waals surface area contributed by atoms with Crippen molar-refractivity contribution in [1.29, 1.82) is 0 Å². The minimum atomic E-state index is -0.260. The summed E-state index contributed by atoms with van der Waals surface area (Å²) in [5.74, 6) is 0.552. The Labute approximate surface area is 132 Å². The summed E-state index contributed by atoms with van der Waals surface area (Å²) in [5.41, 5.74) is 3.92. The molecule has 0 spiro atoms. The van der Waals surface area contributed by atoms with Gasteiger partial charge in [-0.3, -0.25) is 4.79 Å². The Hall–Kier alpha value is -2.14. The Bertz CT molecular complexity index is 639. The molecule has 5 heteroatoms. The van der Waals surface area contributed by atoms with Crippen LogP contribution in [0.2, 0.25) is 0 Å². The summed E-state index contributed by atoms with van der Waals surface area (Å²) in [7, 11) is 0. The average Bonchev–Trinajstić information content (AvgIpc) is 2.49. The molecule has 1 amide bonds. The molecule has 0 aliphatic carbocycles. The van der Waals surface area contributed by atoms with E-state index in [1.54, 1.807) is 18.3 Å². The zero-order valence-electron chi connectivity index (χ0n) is 11.5. The molecule has 0 heterocycles. The summed E-state index contributed by atoms with van der Waals surface area (Å²) in [6, 6.07) is 14.7. The lowest BCUT2D eigenvalue weighted by atomic mass is 10.2. The van der Waals surface area contributed by atoms with Crippen molar-refractivity contribution < 1.29 is 9.53 Å². The first kappa shape index (κ1) is 15.3. The monoisotopic (exact) mass is 346 g/mol. The van der Waals surface area contributed by atoms with Gasteiger partial charge in [0.25, 0.3) is 5.91 Å². The van der Waals surface area contributed by atoms with Crippen LogP contribution in [0.1, 0.15) is 22.8 Å². The maximum absolute atomic E-state index is 11.9. The zero-order valence-corrected chi connectivity index (χ0v) is 13.1. The van der Waals surface area contributed by atoms with E-state index in [1.165, 1.54) is 0 Å². The molecule has 0 bridgehead atoms. The van der Waals surface area contributed by atoms with Crippen molar-refractivity contribution in [2.45, 2.75) is 6.92 Å². The largest absolute Gasteiger partial charge is 0.494 e. The number of rotatable bonds is 5. The van der Waals surface area contributed by atoms with Gasteiger partial charge in [0.15, 0.2) is 0 Å². The van der Waals surface area contributed by atoms with Crippen LogP contribution >= 0.6 is 15.9 Å². The first-order chi connectivity index (χ1) is 10.2. The number of hydrogen-bond acceptors (Lipinski definition) is 3. The lowest BCUT2D eigenvalue weighted by Crippen LogP contribution is -2.18. The minimum Gasteiger partial charge on any atom is -0.494 e. The lowest BCUT2D eigenvalue weighted by molar-refractivity contribution is 0.0954. The molecule has 2 aromatic carbocycles. The van der Waals surface area contributed by atoms with Gasteiger partial charge in [-0.2, -0.15) is 5.10 Å². The molecule has 0 aliphatic rings. The summed E-state index contributed by atoms with van der Waals surface area (Å²) < 4.78 is 6.09. The van der Waals surface area contributed by atoms with Gasteiger partial charge >= 0.3 is 0 Å². The van der Waals surface area contributed by atoms with Crippen molar-refractivity contribution in [3.8, 4) is 5.75 Å². The van der Waals surface area contributed by atoms with E-state index in [-0.39, 0.29) is 5.91 Å². The third-order valence-corrected chi connectivity index (χ3v) is 3.38. The van der Waals surface area contributed by atoms with E-state index in [4.69, 9.17) is 4.74 Å². The van der Waals surface area contributed by atoms with Crippen LogP contribution in [0.15, 0.2) is 58.1 Å². The summed E-state index contributed by atoms with van der Waals surface area (Å²) >= 11 is 3.33.